The fourth-order valence-electron chi connectivity index (χ4n) is 3.58. The molecule has 1 unspecified atom stereocenters. The van der Waals surface area contributed by atoms with Crippen LogP contribution in [0.4, 0.5) is 10.5 Å². The first-order valence-electron chi connectivity index (χ1n) is 8.18. The van der Waals surface area contributed by atoms with Gasteiger partial charge >= 0.3 is 6.09 Å². The van der Waals surface area contributed by atoms with Crippen molar-refractivity contribution in [2.75, 3.05) is 18.0 Å². The van der Waals surface area contributed by atoms with Crippen molar-refractivity contribution in [3.63, 3.8) is 0 Å². The van der Waals surface area contributed by atoms with E-state index < -0.39 is 5.60 Å². The van der Waals surface area contributed by atoms with Crippen molar-refractivity contribution in [1.82, 2.24) is 5.32 Å². The van der Waals surface area contributed by atoms with E-state index in [1.165, 1.54) is 17.5 Å². The average Bonchev–Trinajstić information content (AvgIpc) is 3.03. The van der Waals surface area contributed by atoms with Crippen molar-refractivity contribution in [2.45, 2.75) is 58.1 Å². The highest BCUT2D eigenvalue weighted by Crippen LogP contribution is 2.39. The van der Waals surface area contributed by atoms with E-state index in [-0.39, 0.29) is 11.6 Å². The lowest BCUT2D eigenvalue weighted by molar-refractivity contribution is 0.0584. The molecule has 1 aromatic carbocycles. The molecule has 0 aromatic heterocycles. The fourth-order valence-corrected chi connectivity index (χ4v) is 3.58. The number of nitrogens with zero attached hydrogens (tertiary/aromatic N) is 1. The van der Waals surface area contributed by atoms with Crippen molar-refractivity contribution >= 4 is 11.8 Å². The number of amides is 1. The van der Waals surface area contributed by atoms with Gasteiger partial charge in [-0.1, -0.05) is 12.1 Å². The van der Waals surface area contributed by atoms with Crippen LogP contribution in [0.2, 0.25) is 0 Å². The highest BCUT2D eigenvalue weighted by molar-refractivity contribution is 5.91. The van der Waals surface area contributed by atoms with Gasteiger partial charge in [-0.15, -0.1) is 0 Å². The second-order valence-electron chi connectivity index (χ2n) is 7.55. The van der Waals surface area contributed by atoms with Crippen molar-refractivity contribution in [2.24, 2.45) is 0 Å². The number of fused-ring (bicyclic) bond motifs is 1. The zero-order chi connectivity index (χ0) is 16.0. The Balaban J connectivity index is 1.91. The number of nitrogens with one attached hydrogen (secondary N) is 1. The Morgan fingerprint density at radius 1 is 1.36 bits per heavy atom. The molecule has 120 valence electrons. The van der Waals surface area contributed by atoms with Gasteiger partial charge in [-0.25, -0.2) is 4.79 Å². The number of benzene rings is 1. The normalized spacial score (nSPS) is 24.5. The maximum Gasteiger partial charge on any atom is 0.414 e. The van der Waals surface area contributed by atoms with Gasteiger partial charge in [-0.3, -0.25) is 4.90 Å². The second-order valence-corrected chi connectivity index (χ2v) is 7.55. The van der Waals surface area contributed by atoms with Crippen molar-refractivity contribution in [1.29, 1.82) is 0 Å². The molecule has 1 fully saturated rings. The lowest BCUT2D eigenvalue weighted by atomic mass is 9.86. The third-order valence-corrected chi connectivity index (χ3v) is 4.60. The number of carbonyl (C=O) groups is 1. The van der Waals surface area contributed by atoms with Crippen LogP contribution < -0.4 is 10.2 Å². The second kappa shape index (κ2) is 5.27. The van der Waals surface area contributed by atoms with E-state index in [1.807, 2.05) is 26.8 Å². The van der Waals surface area contributed by atoms with Crippen LogP contribution in [0.5, 0.6) is 0 Å². The first-order valence-corrected chi connectivity index (χ1v) is 8.18. The van der Waals surface area contributed by atoms with Crippen LogP contribution in [0.3, 0.4) is 0 Å². The lowest BCUT2D eigenvalue weighted by Crippen LogP contribution is -2.36. The number of hydrogen-bond donors (Lipinski definition) is 1. The molecule has 1 saturated heterocycles. The summed E-state index contributed by atoms with van der Waals surface area (Å²) in [6.45, 7) is 9.75. The molecular formula is C18H26N2O2. The van der Waals surface area contributed by atoms with Gasteiger partial charge in [0.15, 0.2) is 0 Å². The van der Waals surface area contributed by atoms with Crippen LogP contribution in [0.25, 0.3) is 0 Å². The first-order chi connectivity index (χ1) is 10.3. The van der Waals surface area contributed by atoms with E-state index >= 15 is 0 Å². The van der Waals surface area contributed by atoms with E-state index in [9.17, 15) is 4.79 Å². The predicted molar refractivity (Wildman–Crippen MR) is 88.3 cm³/mol. The summed E-state index contributed by atoms with van der Waals surface area (Å²) in [7, 11) is 0. The Bertz CT molecular complexity index is 583. The van der Waals surface area contributed by atoms with Crippen LogP contribution in [0, 0.1) is 0 Å². The molecule has 0 spiro atoms. The monoisotopic (exact) mass is 302 g/mol. The van der Waals surface area contributed by atoms with Crippen LogP contribution in [-0.2, 0) is 16.7 Å². The van der Waals surface area contributed by atoms with E-state index in [2.05, 4.69) is 24.4 Å². The number of carbonyl (C=O) groups excluding carboxylic acids is 1. The largest absolute Gasteiger partial charge is 0.443 e. The summed E-state index contributed by atoms with van der Waals surface area (Å²) in [6.07, 6.45) is 3.02. The molecule has 2 aliphatic heterocycles. The Morgan fingerprint density at radius 2 is 2.14 bits per heavy atom. The van der Waals surface area contributed by atoms with E-state index in [0.717, 1.165) is 25.1 Å². The maximum atomic E-state index is 12.4. The summed E-state index contributed by atoms with van der Waals surface area (Å²) in [6, 6.07) is 6.30. The van der Waals surface area contributed by atoms with Gasteiger partial charge in [0.25, 0.3) is 0 Å². The molecular weight excluding hydrogens is 276 g/mol. The zero-order valence-electron chi connectivity index (χ0n) is 14.0. The lowest BCUT2D eigenvalue weighted by Gasteiger charge is -2.28. The fraction of sp³-hybridized carbons (Fsp3) is 0.611. The minimum absolute atomic E-state index is 0.0370. The van der Waals surface area contributed by atoms with Gasteiger partial charge in [0, 0.05) is 12.1 Å². The molecule has 1 atom stereocenters. The zero-order valence-corrected chi connectivity index (χ0v) is 14.0. The molecule has 22 heavy (non-hydrogen) atoms. The Morgan fingerprint density at radius 3 is 2.77 bits per heavy atom. The minimum Gasteiger partial charge on any atom is -0.443 e. The molecule has 1 aromatic rings. The van der Waals surface area contributed by atoms with Crippen molar-refractivity contribution < 1.29 is 9.53 Å². The number of rotatable bonds is 1. The standard InChI is InChI=1S/C18H26N2O2/c1-17(2,3)22-16(21)20-12-9-13-14(7-5-8-15(13)20)18(4)10-6-11-19-18/h5,7-8,19H,6,9-12H2,1-4H3. The maximum absolute atomic E-state index is 12.4. The number of ether oxygens (including phenoxy) is 1. The molecule has 4 nitrogen and oxygen atoms in total. The predicted octanol–water partition coefficient (Wildman–Crippen LogP) is 3.58. The quantitative estimate of drug-likeness (QED) is 0.862. The topological polar surface area (TPSA) is 41.6 Å². The van der Waals surface area contributed by atoms with Gasteiger partial charge in [-0.05, 0) is 70.7 Å². The molecule has 0 saturated carbocycles. The smallest absolute Gasteiger partial charge is 0.414 e. The highest BCUT2D eigenvalue weighted by Gasteiger charge is 2.36. The van der Waals surface area contributed by atoms with Crippen LogP contribution in [-0.4, -0.2) is 24.8 Å². The van der Waals surface area contributed by atoms with Crippen molar-refractivity contribution in [3.8, 4) is 0 Å². The minimum atomic E-state index is -0.462. The Hall–Kier alpha value is -1.55. The third kappa shape index (κ3) is 2.72. The molecule has 2 heterocycles. The Labute approximate surface area is 132 Å². The molecule has 4 heteroatoms. The number of hydrogen-bond acceptors (Lipinski definition) is 3. The summed E-state index contributed by atoms with van der Waals surface area (Å²) in [5.74, 6) is 0. The summed E-state index contributed by atoms with van der Waals surface area (Å²) in [5, 5.41) is 3.63. The molecule has 0 radical (unpaired) electrons. The van der Waals surface area contributed by atoms with Gasteiger partial charge < -0.3 is 10.1 Å². The Kier molecular flexibility index (Phi) is 3.68. The van der Waals surface area contributed by atoms with E-state index in [4.69, 9.17) is 4.74 Å². The highest BCUT2D eigenvalue weighted by atomic mass is 16.6. The van der Waals surface area contributed by atoms with Gasteiger partial charge in [0.2, 0.25) is 0 Å². The molecule has 3 rings (SSSR count). The molecule has 1 N–H and O–H groups in total. The average molecular weight is 302 g/mol. The molecule has 0 bridgehead atoms. The summed E-state index contributed by atoms with van der Waals surface area (Å²) < 4.78 is 5.54. The van der Waals surface area contributed by atoms with E-state index in [0.29, 0.717) is 6.54 Å². The van der Waals surface area contributed by atoms with Crippen LogP contribution in [0.1, 0.15) is 51.7 Å². The summed E-state index contributed by atoms with van der Waals surface area (Å²) in [4.78, 5) is 14.2. The van der Waals surface area contributed by atoms with E-state index in [1.54, 1.807) is 4.90 Å². The van der Waals surface area contributed by atoms with Gasteiger partial charge in [0.05, 0.1) is 5.69 Å². The van der Waals surface area contributed by atoms with Crippen LogP contribution in [0.15, 0.2) is 18.2 Å². The van der Waals surface area contributed by atoms with Gasteiger partial charge in [0.1, 0.15) is 5.60 Å². The molecule has 2 aliphatic rings. The molecule has 1 amide bonds. The third-order valence-electron chi connectivity index (χ3n) is 4.60. The molecule has 0 aliphatic carbocycles. The summed E-state index contributed by atoms with van der Waals surface area (Å²) >= 11 is 0. The first kappa shape index (κ1) is 15.3. The number of anilines is 1. The van der Waals surface area contributed by atoms with Gasteiger partial charge in [-0.2, -0.15) is 0 Å². The van der Waals surface area contributed by atoms with Crippen molar-refractivity contribution in [3.05, 3.63) is 29.3 Å². The summed E-state index contributed by atoms with van der Waals surface area (Å²) in [5.41, 5.74) is 3.23. The SMILES string of the molecule is CC(C)(C)OC(=O)N1CCc2c1cccc2C1(C)CCCN1. The van der Waals surface area contributed by atoms with Crippen LogP contribution >= 0.6 is 0 Å².